The molecule has 0 aliphatic carbocycles. The number of carbonyl (C=O) groups excluding carboxylic acids is 1. The van der Waals surface area contributed by atoms with Gasteiger partial charge in [-0.1, -0.05) is 0 Å². The molecule has 0 spiro atoms. The smallest absolute Gasteiger partial charge is 0.276 e. The normalized spacial score (nSPS) is 23.4. The Morgan fingerprint density at radius 3 is 2.93 bits per heavy atom. The van der Waals surface area contributed by atoms with Crippen molar-refractivity contribution in [3.63, 3.8) is 0 Å². The van der Waals surface area contributed by atoms with E-state index >= 15 is 0 Å². The van der Waals surface area contributed by atoms with E-state index in [1.54, 1.807) is 30.2 Å². The molecule has 0 radical (unpaired) electrons. The number of H-pyrrole nitrogens is 1. The fourth-order valence-electron chi connectivity index (χ4n) is 4.19. The van der Waals surface area contributed by atoms with Gasteiger partial charge in [-0.25, -0.2) is 17.6 Å². The fraction of sp³-hybridized carbons (Fsp3) is 0.412. The van der Waals surface area contributed by atoms with Crippen LogP contribution in [0.3, 0.4) is 0 Å². The van der Waals surface area contributed by atoms with Crippen molar-refractivity contribution in [3.05, 3.63) is 46.1 Å². The zero-order chi connectivity index (χ0) is 19.6. The van der Waals surface area contributed by atoms with Crippen LogP contribution in [-0.2, 0) is 9.84 Å². The molecule has 5 heterocycles. The molecule has 2 saturated heterocycles. The van der Waals surface area contributed by atoms with Gasteiger partial charge < -0.3 is 4.90 Å². The number of nitrogens with one attached hydrogen (secondary N) is 1. The number of amides is 1. The highest BCUT2D eigenvalue weighted by molar-refractivity contribution is 7.92. The first-order chi connectivity index (χ1) is 13.3. The highest BCUT2D eigenvalue weighted by Gasteiger charge is 2.47. The van der Waals surface area contributed by atoms with Gasteiger partial charge in [0.1, 0.15) is 5.52 Å². The molecule has 0 bridgehead atoms. The van der Waals surface area contributed by atoms with Crippen LogP contribution < -0.4 is 5.56 Å². The third-order valence-corrected chi connectivity index (χ3v) is 7.99. The Morgan fingerprint density at radius 1 is 1.32 bits per heavy atom. The van der Waals surface area contributed by atoms with E-state index < -0.39 is 15.1 Å². The summed E-state index contributed by atoms with van der Waals surface area (Å²) in [6, 6.07) is 3.36. The summed E-state index contributed by atoms with van der Waals surface area (Å²) in [5.41, 5.74) is 0.997. The minimum atomic E-state index is -3.11. The number of nitrogens with zero attached hydrogens (tertiary/aromatic N) is 5. The Morgan fingerprint density at radius 2 is 2.14 bits per heavy atom. The Kier molecular flexibility index (Phi) is 3.54. The summed E-state index contributed by atoms with van der Waals surface area (Å²) in [5, 5.41) is 8.08. The predicted octanol–water partition coefficient (Wildman–Crippen LogP) is -0.224. The number of sulfone groups is 1. The number of carbonyl (C=O) groups is 1. The minimum absolute atomic E-state index is 0.0125. The average Bonchev–Trinajstić information content (AvgIpc) is 3.40. The summed E-state index contributed by atoms with van der Waals surface area (Å²) in [7, 11) is -3.11. The number of hydrogen-bond donors (Lipinski definition) is 1. The molecular formula is C17H18N6O4S. The van der Waals surface area contributed by atoms with E-state index in [2.05, 4.69) is 15.2 Å². The molecule has 0 aromatic carbocycles. The molecule has 1 amide bonds. The number of aromatic amines is 1. The minimum Gasteiger partial charge on any atom is -0.337 e. The predicted molar refractivity (Wildman–Crippen MR) is 99.3 cm³/mol. The van der Waals surface area contributed by atoms with E-state index in [4.69, 9.17) is 0 Å². The van der Waals surface area contributed by atoms with Crippen molar-refractivity contribution >= 4 is 21.3 Å². The van der Waals surface area contributed by atoms with Crippen molar-refractivity contribution in [2.45, 2.75) is 18.6 Å². The van der Waals surface area contributed by atoms with Gasteiger partial charge in [0.25, 0.3) is 11.5 Å². The number of fused-ring (bicyclic) bond motifs is 2. The third-order valence-electron chi connectivity index (χ3n) is 5.73. The van der Waals surface area contributed by atoms with Crippen LogP contribution in [0.4, 0.5) is 0 Å². The maximum Gasteiger partial charge on any atom is 0.276 e. The topological polar surface area (TPSA) is 122 Å². The van der Waals surface area contributed by atoms with Gasteiger partial charge in [-0.05, 0) is 31.4 Å². The van der Waals surface area contributed by atoms with Crippen LogP contribution in [0.5, 0.6) is 0 Å². The molecule has 3 aromatic rings. The third kappa shape index (κ3) is 2.42. The van der Waals surface area contributed by atoms with E-state index in [9.17, 15) is 18.0 Å². The van der Waals surface area contributed by atoms with E-state index in [1.807, 2.05) is 0 Å². The Balaban J connectivity index is 1.47. The second-order valence-corrected chi connectivity index (χ2v) is 9.67. The maximum absolute atomic E-state index is 13.0. The first-order valence-electron chi connectivity index (χ1n) is 8.98. The molecule has 11 heteroatoms. The van der Waals surface area contributed by atoms with Gasteiger partial charge in [-0.3, -0.25) is 14.6 Å². The molecule has 28 heavy (non-hydrogen) atoms. The van der Waals surface area contributed by atoms with E-state index in [-0.39, 0.29) is 35.6 Å². The first-order valence-corrected chi connectivity index (χ1v) is 10.7. The van der Waals surface area contributed by atoms with Crippen LogP contribution in [0, 0.1) is 12.8 Å². The standard InChI is InChI=1S/C17H18N6O4S/c1-10-12(16(25)21-8-11-4-6-28(26,27)14(11)9-21)7-18-23(10)17-19-15(24)13-3-2-5-22(13)20-17/h2-3,5,7,11,14H,4,6,8-9H2,1H3,(H,19,20,24)/t11-,14+/m0/s1. The van der Waals surface area contributed by atoms with Crippen molar-refractivity contribution in [3.8, 4) is 5.95 Å². The van der Waals surface area contributed by atoms with Crippen molar-refractivity contribution in [2.75, 3.05) is 18.8 Å². The highest BCUT2D eigenvalue weighted by Crippen LogP contribution is 2.34. The molecule has 10 nitrogen and oxygen atoms in total. The Labute approximate surface area is 159 Å². The van der Waals surface area contributed by atoms with Gasteiger partial charge in [-0.15, -0.1) is 5.10 Å². The van der Waals surface area contributed by atoms with Gasteiger partial charge in [0, 0.05) is 19.3 Å². The molecular weight excluding hydrogens is 384 g/mol. The van der Waals surface area contributed by atoms with Gasteiger partial charge in [0.2, 0.25) is 5.95 Å². The second kappa shape index (κ2) is 5.77. The molecule has 0 unspecified atom stereocenters. The van der Waals surface area contributed by atoms with Crippen LogP contribution in [0.1, 0.15) is 22.5 Å². The number of hydrogen-bond acceptors (Lipinski definition) is 6. The average molecular weight is 402 g/mol. The lowest BCUT2D eigenvalue weighted by molar-refractivity contribution is 0.0786. The van der Waals surface area contributed by atoms with Crippen molar-refractivity contribution in [2.24, 2.45) is 5.92 Å². The molecule has 2 aliphatic rings. The van der Waals surface area contributed by atoms with Gasteiger partial charge in [0.15, 0.2) is 9.84 Å². The lowest BCUT2D eigenvalue weighted by Gasteiger charge is -2.17. The monoisotopic (exact) mass is 402 g/mol. The molecule has 146 valence electrons. The quantitative estimate of drug-likeness (QED) is 0.632. The van der Waals surface area contributed by atoms with Crippen LogP contribution in [0.25, 0.3) is 11.5 Å². The van der Waals surface area contributed by atoms with Crippen LogP contribution in [0.2, 0.25) is 0 Å². The molecule has 3 aromatic heterocycles. The summed E-state index contributed by atoms with van der Waals surface area (Å²) in [4.78, 5) is 29.4. The lowest BCUT2D eigenvalue weighted by atomic mass is 10.1. The van der Waals surface area contributed by atoms with Gasteiger partial charge >= 0.3 is 0 Å². The summed E-state index contributed by atoms with van der Waals surface area (Å²) in [5.74, 6) is 0.171. The van der Waals surface area contributed by atoms with Gasteiger partial charge in [-0.2, -0.15) is 5.10 Å². The maximum atomic E-state index is 13.0. The molecule has 2 atom stereocenters. The second-order valence-electron chi connectivity index (χ2n) is 7.34. The van der Waals surface area contributed by atoms with Crippen LogP contribution in [-0.4, -0.2) is 67.7 Å². The number of likely N-dealkylation sites (tertiary alicyclic amines) is 1. The van der Waals surface area contributed by atoms with Crippen molar-refractivity contribution < 1.29 is 13.2 Å². The van der Waals surface area contributed by atoms with E-state index in [0.29, 0.717) is 29.7 Å². The fourth-order valence-corrected chi connectivity index (χ4v) is 6.34. The summed E-state index contributed by atoms with van der Waals surface area (Å²) < 4.78 is 27.1. The van der Waals surface area contributed by atoms with Crippen molar-refractivity contribution in [1.29, 1.82) is 0 Å². The van der Waals surface area contributed by atoms with E-state index in [0.717, 1.165) is 0 Å². The highest BCUT2D eigenvalue weighted by atomic mass is 32.2. The number of rotatable bonds is 2. The Bertz CT molecular complexity index is 1270. The molecule has 5 rings (SSSR count). The molecule has 2 fully saturated rings. The molecule has 1 N–H and O–H groups in total. The zero-order valence-corrected chi connectivity index (χ0v) is 15.9. The number of aromatic nitrogens is 5. The van der Waals surface area contributed by atoms with Gasteiger partial charge in [0.05, 0.1) is 28.5 Å². The molecule has 2 aliphatic heterocycles. The van der Waals surface area contributed by atoms with Crippen LogP contribution >= 0.6 is 0 Å². The SMILES string of the molecule is Cc1c(C(=O)N2C[C@@H]3CCS(=O)(=O)[C@@H]3C2)cnn1-c1nn2cccc2c(=O)[nH]1. The first kappa shape index (κ1) is 17.2. The summed E-state index contributed by atoms with van der Waals surface area (Å²) >= 11 is 0. The summed E-state index contributed by atoms with van der Waals surface area (Å²) in [6.45, 7) is 2.38. The lowest BCUT2D eigenvalue weighted by Crippen LogP contribution is -2.32. The van der Waals surface area contributed by atoms with Crippen molar-refractivity contribution in [1.82, 2.24) is 29.3 Å². The zero-order valence-electron chi connectivity index (χ0n) is 15.1. The summed E-state index contributed by atoms with van der Waals surface area (Å²) in [6.07, 6.45) is 3.69. The van der Waals surface area contributed by atoms with Crippen LogP contribution in [0.15, 0.2) is 29.3 Å². The van der Waals surface area contributed by atoms with E-state index in [1.165, 1.54) is 15.4 Å². The Hall–Kier alpha value is -2.95. The molecule has 0 saturated carbocycles. The largest absolute Gasteiger partial charge is 0.337 e.